The molecule has 1 amide bonds. The van der Waals surface area contributed by atoms with Crippen molar-refractivity contribution in [3.05, 3.63) is 89.5 Å². The summed E-state index contributed by atoms with van der Waals surface area (Å²) in [5.74, 6) is 2.50. The second-order valence-electron chi connectivity index (χ2n) is 13.0. The largest absolute Gasteiger partial charge is 0.494 e. The number of fused-ring (bicyclic) bond motifs is 2. The number of methoxy groups -OCH3 is 1. The third-order valence-electron chi connectivity index (χ3n) is 10.0. The summed E-state index contributed by atoms with van der Waals surface area (Å²) in [7, 11) is 3.70. The van der Waals surface area contributed by atoms with Crippen molar-refractivity contribution < 1.29 is 9.53 Å². The van der Waals surface area contributed by atoms with Crippen LogP contribution >= 0.6 is 0 Å². The predicted octanol–water partition coefficient (Wildman–Crippen LogP) is 7.07. The highest BCUT2D eigenvalue weighted by molar-refractivity contribution is 6.00. The van der Waals surface area contributed by atoms with Crippen LogP contribution in [0, 0.1) is 11.8 Å². The average Bonchev–Trinajstić information content (AvgIpc) is 3.64. The van der Waals surface area contributed by atoms with Crippen molar-refractivity contribution in [3.63, 3.8) is 0 Å². The highest BCUT2D eigenvalue weighted by Crippen LogP contribution is 2.38. The van der Waals surface area contributed by atoms with Crippen LogP contribution in [-0.4, -0.2) is 50.7 Å². The molecule has 7 rings (SSSR count). The van der Waals surface area contributed by atoms with Crippen LogP contribution in [0.2, 0.25) is 0 Å². The van der Waals surface area contributed by atoms with Crippen molar-refractivity contribution in [1.29, 1.82) is 0 Å². The molecule has 7 heteroatoms. The van der Waals surface area contributed by atoms with Crippen LogP contribution in [0.5, 0.6) is 5.75 Å². The number of hydrogen-bond donors (Lipinski definition) is 1. The molecule has 1 saturated heterocycles. The van der Waals surface area contributed by atoms with E-state index in [2.05, 4.69) is 89.7 Å². The topological polar surface area (TPSA) is 78.3 Å². The fourth-order valence-corrected chi connectivity index (χ4v) is 7.06. The first kappa shape index (κ1) is 29.4. The molecular weight excluding hydrogens is 558 g/mol. The number of ether oxygens (including phenoxy) is 1. The Morgan fingerprint density at radius 3 is 2.60 bits per heavy atom. The fraction of sp³-hybridized carbons (Fsp3) is 0.368. The Bertz CT molecular complexity index is 1900. The maximum absolute atomic E-state index is 13.8. The van der Waals surface area contributed by atoms with Gasteiger partial charge in [-0.2, -0.15) is 0 Å². The SMILES string of the molecule is CC[C@@H]1CN(C(=O)c2cc(OC)c3c(c2)nc(-c2cc4ccc(/C=C/Cc5ccccc5)cc4n2CC2CC2)n3C)[C@H](C)[C@H]1N. The summed E-state index contributed by atoms with van der Waals surface area (Å²) in [6.07, 6.45) is 8.84. The Kier molecular flexibility index (Phi) is 7.74. The van der Waals surface area contributed by atoms with E-state index in [0.29, 0.717) is 29.7 Å². The number of imidazole rings is 1. The van der Waals surface area contributed by atoms with Crippen LogP contribution in [0.1, 0.15) is 54.6 Å². The molecule has 232 valence electrons. The Balaban J connectivity index is 1.27. The van der Waals surface area contributed by atoms with Gasteiger partial charge in [-0.15, -0.1) is 0 Å². The Morgan fingerprint density at radius 2 is 1.89 bits per heavy atom. The summed E-state index contributed by atoms with van der Waals surface area (Å²) >= 11 is 0. The van der Waals surface area contributed by atoms with Gasteiger partial charge in [-0.1, -0.05) is 68.0 Å². The molecule has 1 aliphatic heterocycles. The van der Waals surface area contributed by atoms with Crippen LogP contribution in [0.15, 0.2) is 72.8 Å². The van der Waals surface area contributed by atoms with Gasteiger partial charge in [-0.3, -0.25) is 4.79 Å². The maximum atomic E-state index is 13.8. The van der Waals surface area contributed by atoms with Crippen molar-refractivity contribution in [2.24, 2.45) is 24.6 Å². The first-order valence-corrected chi connectivity index (χ1v) is 16.3. The van der Waals surface area contributed by atoms with Crippen LogP contribution in [0.25, 0.3) is 39.5 Å². The van der Waals surface area contributed by atoms with Crippen LogP contribution in [-0.2, 0) is 20.0 Å². The number of amides is 1. The lowest BCUT2D eigenvalue weighted by Crippen LogP contribution is -2.41. The third kappa shape index (κ3) is 5.44. The van der Waals surface area contributed by atoms with Crippen molar-refractivity contribution in [1.82, 2.24) is 19.0 Å². The second kappa shape index (κ2) is 11.9. The number of benzene rings is 3. The zero-order chi connectivity index (χ0) is 31.2. The molecule has 1 aliphatic carbocycles. The number of allylic oxidation sites excluding steroid dienone is 1. The molecule has 3 aromatic carbocycles. The summed E-state index contributed by atoms with van der Waals surface area (Å²) in [4.78, 5) is 20.9. The number of carbonyl (C=O) groups excluding carboxylic acids is 1. The van der Waals surface area contributed by atoms with Crippen molar-refractivity contribution in [2.45, 2.75) is 58.2 Å². The molecule has 1 saturated carbocycles. The molecule has 45 heavy (non-hydrogen) atoms. The summed E-state index contributed by atoms with van der Waals surface area (Å²) in [5, 5.41) is 1.20. The van der Waals surface area contributed by atoms with Crippen molar-refractivity contribution >= 4 is 33.9 Å². The lowest BCUT2D eigenvalue weighted by molar-refractivity contribution is 0.0739. The molecule has 3 heterocycles. The highest BCUT2D eigenvalue weighted by Gasteiger charge is 2.39. The number of hydrogen-bond acceptors (Lipinski definition) is 4. The van der Waals surface area contributed by atoms with Gasteiger partial charge in [0.1, 0.15) is 11.3 Å². The van der Waals surface area contributed by atoms with Gasteiger partial charge in [0.15, 0.2) is 5.82 Å². The summed E-state index contributed by atoms with van der Waals surface area (Å²) < 4.78 is 10.4. The number of likely N-dealkylation sites (tertiary alicyclic amines) is 1. The normalized spacial score (nSPS) is 20.2. The molecular formula is C38H43N5O2. The first-order chi connectivity index (χ1) is 21.9. The van der Waals surface area contributed by atoms with E-state index < -0.39 is 0 Å². The number of aromatic nitrogens is 3. The first-order valence-electron chi connectivity index (χ1n) is 16.3. The highest BCUT2D eigenvalue weighted by atomic mass is 16.5. The standard InChI is InChI=1S/C38H43N5O2/c1-5-28-23-42(24(2)35(28)39)38(44)30-19-31-36(34(21-30)45-4)41(3)37(40-31)33-20-29-17-16-26(13-9-12-25-10-7-6-8-11-25)18-32(29)43(33)22-27-14-15-27/h6-11,13,16-21,24,27-28,35H,5,12,14-15,22-23,39H2,1-4H3/b13-9+/t24-,28-,35-/m1/s1. The molecule has 5 aromatic rings. The van der Waals surface area contributed by atoms with Crippen molar-refractivity contribution in [2.75, 3.05) is 13.7 Å². The van der Waals surface area contributed by atoms with Crippen molar-refractivity contribution in [3.8, 4) is 17.3 Å². The number of rotatable bonds is 9. The zero-order valence-electron chi connectivity index (χ0n) is 26.7. The molecule has 3 atom stereocenters. The Morgan fingerprint density at radius 1 is 1.09 bits per heavy atom. The molecule has 2 aromatic heterocycles. The van der Waals surface area contributed by atoms with Gasteiger partial charge >= 0.3 is 0 Å². The molecule has 0 spiro atoms. The number of nitrogens with two attached hydrogens (primary N) is 1. The molecule has 2 aliphatic rings. The Labute approximate surface area is 265 Å². The number of carbonyl (C=O) groups is 1. The molecule has 0 unspecified atom stereocenters. The quantitative estimate of drug-likeness (QED) is 0.196. The summed E-state index contributed by atoms with van der Waals surface area (Å²) in [5.41, 5.74) is 13.5. The van der Waals surface area contributed by atoms with Crippen LogP contribution in [0.3, 0.4) is 0 Å². The fourth-order valence-electron chi connectivity index (χ4n) is 7.06. The second-order valence-corrected chi connectivity index (χ2v) is 13.0. The minimum absolute atomic E-state index is 0.0142. The van der Waals surface area contributed by atoms with E-state index in [1.54, 1.807) is 7.11 Å². The van der Waals surface area contributed by atoms with E-state index >= 15 is 0 Å². The maximum Gasteiger partial charge on any atom is 0.254 e. The number of nitrogens with zero attached hydrogens (tertiary/aromatic N) is 4. The zero-order valence-corrected chi connectivity index (χ0v) is 26.7. The van der Waals surface area contributed by atoms with Crippen LogP contribution < -0.4 is 10.5 Å². The Hall–Kier alpha value is -4.36. The van der Waals surface area contributed by atoms with E-state index in [9.17, 15) is 4.79 Å². The van der Waals surface area contributed by atoms with E-state index in [1.165, 1.54) is 34.9 Å². The van der Waals surface area contributed by atoms with Gasteiger partial charge in [0.05, 0.1) is 18.3 Å². The van der Waals surface area contributed by atoms with E-state index in [-0.39, 0.29) is 18.0 Å². The van der Waals surface area contributed by atoms with Crippen LogP contribution in [0.4, 0.5) is 0 Å². The van der Waals surface area contributed by atoms with Gasteiger partial charge in [0.2, 0.25) is 0 Å². The molecule has 2 fully saturated rings. The predicted molar refractivity (Wildman–Crippen MR) is 182 cm³/mol. The molecule has 7 nitrogen and oxygen atoms in total. The molecule has 2 N–H and O–H groups in total. The summed E-state index contributed by atoms with van der Waals surface area (Å²) in [6.45, 7) is 5.83. The smallest absolute Gasteiger partial charge is 0.254 e. The summed E-state index contributed by atoms with van der Waals surface area (Å²) in [6, 6.07) is 23.3. The lowest BCUT2D eigenvalue weighted by atomic mass is 9.98. The average molecular weight is 602 g/mol. The monoisotopic (exact) mass is 601 g/mol. The third-order valence-corrected chi connectivity index (χ3v) is 10.0. The van der Waals surface area contributed by atoms with Gasteiger partial charge in [-0.05, 0) is 73.4 Å². The van der Waals surface area contributed by atoms with Gasteiger partial charge in [-0.25, -0.2) is 4.98 Å². The van der Waals surface area contributed by atoms with Gasteiger partial charge in [0, 0.05) is 48.7 Å². The van der Waals surface area contributed by atoms with E-state index in [1.807, 2.05) is 24.1 Å². The molecule has 0 radical (unpaired) electrons. The van der Waals surface area contributed by atoms with Gasteiger partial charge < -0.3 is 24.5 Å². The van der Waals surface area contributed by atoms with E-state index in [4.69, 9.17) is 15.5 Å². The lowest BCUT2D eigenvalue weighted by Gasteiger charge is -2.23. The van der Waals surface area contributed by atoms with Gasteiger partial charge in [0.25, 0.3) is 5.91 Å². The molecule has 0 bridgehead atoms. The number of aryl methyl sites for hydroxylation is 1. The minimum Gasteiger partial charge on any atom is -0.494 e. The van der Waals surface area contributed by atoms with E-state index in [0.717, 1.165) is 41.9 Å². The minimum atomic E-state index is -0.0167.